The number of nitrogens with one attached hydrogen (secondary N) is 1. The van der Waals surface area contributed by atoms with Gasteiger partial charge in [-0.1, -0.05) is 17.3 Å². The second-order valence-corrected chi connectivity index (χ2v) is 6.83. The van der Waals surface area contributed by atoms with Gasteiger partial charge in [-0.15, -0.1) is 0 Å². The van der Waals surface area contributed by atoms with Crippen LogP contribution in [0.5, 0.6) is 0 Å². The number of sulfonamides is 1. The number of hydrogen-bond acceptors (Lipinski definition) is 4. The van der Waals surface area contributed by atoms with E-state index in [1.165, 1.54) is 0 Å². The minimum absolute atomic E-state index is 0.113. The highest BCUT2D eigenvalue weighted by Gasteiger charge is 2.27. The number of nitrogens with zero attached hydrogens (tertiary/aromatic N) is 1. The lowest BCUT2D eigenvalue weighted by molar-refractivity contribution is 0.393. The summed E-state index contributed by atoms with van der Waals surface area (Å²) < 4.78 is 31.9. The van der Waals surface area contributed by atoms with Crippen molar-refractivity contribution in [2.45, 2.75) is 37.6 Å². The lowest BCUT2D eigenvalue weighted by atomic mass is 10.0. The van der Waals surface area contributed by atoms with Gasteiger partial charge in [0.15, 0.2) is 0 Å². The molecule has 1 aromatic heterocycles. The quantitative estimate of drug-likeness (QED) is 0.939. The maximum Gasteiger partial charge on any atom is 0.240 e. The van der Waals surface area contributed by atoms with Crippen LogP contribution in [0.4, 0.5) is 0 Å². The Morgan fingerprint density at radius 2 is 1.85 bits per heavy atom. The topological polar surface area (TPSA) is 72.2 Å². The van der Waals surface area contributed by atoms with E-state index >= 15 is 0 Å². The molecule has 0 amide bonds. The number of aryl methyl sites for hydroxylation is 2. The second kappa shape index (κ2) is 4.71. The van der Waals surface area contributed by atoms with E-state index in [1.807, 2.05) is 13.8 Å². The Kier molecular flexibility index (Phi) is 3.14. The van der Waals surface area contributed by atoms with Crippen molar-refractivity contribution in [3.63, 3.8) is 0 Å². The van der Waals surface area contributed by atoms with Crippen molar-refractivity contribution in [3.05, 3.63) is 35.7 Å². The summed E-state index contributed by atoms with van der Waals surface area (Å²) in [6.45, 7) is 3.71. The average molecular weight is 292 g/mol. The van der Waals surface area contributed by atoms with Crippen LogP contribution in [-0.4, -0.2) is 19.6 Å². The average Bonchev–Trinajstić information content (AvgIpc) is 3.14. The molecule has 1 aliphatic rings. The Hall–Kier alpha value is -1.66. The van der Waals surface area contributed by atoms with Crippen molar-refractivity contribution in [2.75, 3.05) is 0 Å². The van der Waals surface area contributed by atoms with Gasteiger partial charge in [-0.05, 0) is 44.4 Å². The summed E-state index contributed by atoms with van der Waals surface area (Å²) in [5.74, 6) is 0.731. The van der Waals surface area contributed by atoms with Gasteiger partial charge in [0.25, 0.3) is 0 Å². The van der Waals surface area contributed by atoms with Crippen LogP contribution in [0.25, 0.3) is 11.1 Å². The zero-order valence-electron chi connectivity index (χ0n) is 11.4. The number of rotatable bonds is 4. The highest BCUT2D eigenvalue weighted by atomic mass is 32.2. The van der Waals surface area contributed by atoms with E-state index < -0.39 is 10.0 Å². The van der Waals surface area contributed by atoms with Crippen molar-refractivity contribution in [1.29, 1.82) is 0 Å². The summed E-state index contributed by atoms with van der Waals surface area (Å²) in [6.07, 6.45) is 1.85. The van der Waals surface area contributed by atoms with Crippen LogP contribution in [0, 0.1) is 13.8 Å². The van der Waals surface area contributed by atoms with Gasteiger partial charge >= 0.3 is 0 Å². The first kappa shape index (κ1) is 13.3. The fourth-order valence-electron chi connectivity index (χ4n) is 2.18. The van der Waals surface area contributed by atoms with Crippen molar-refractivity contribution in [3.8, 4) is 11.1 Å². The molecule has 0 unspecified atom stereocenters. The Morgan fingerprint density at radius 3 is 2.35 bits per heavy atom. The monoisotopic (exact) mass is 292 g/mol. The van der Waals surface area contributed by atoms with Gasteiger partial charge in [0.05, 0.1) is 10.6 Å². The van der Waals surface area contributed by atoms with Crippen molar-refractivity contribution in [1.82, 2.24) is 9.88 Å². The van der Waals surface area contributed by atoms with E-state index in [0.717, 1.165) is 35.4 Å². The molecule has 0 spiro atoms. The molecule has 20 heavy (non-hydrogen) atoms. The maximum atomic E-state index is 12.1. The van der Waals surface area contributed by atoms with Crippen LogP contribution >= 0.6 is 0 Å². The van der Waals surface area contributed by atoms with Crippen molar-refractivity contribution >= 4 is 10.0 Å². The first-order chi connectivity index (χ1) is 9.47. The molecule has 1 N–H and O–H groups in total. The van der Waals surface area contributed by atoms with E-state index in [2.05, 4.69) is 9.88 Å². The van der Waals surface area contributed by atoms with Crippen molar-refractivity contribution < 1.29 is 12.9 Å². The molecular formula is C14H16N2O3S. The van der Waals surface area contributed by atoms with Gasteiger partial charge in [-0.2, -0.15) is 0 Å². The zero-order chi connectivity index (χ0) is 14.3. The van der Waals surface area contributed by atoms with E-state index in [9.17, 15) is 8.42 Å². The summed E-state index contributed by atoms with van der Waals surface area (Å²) >= 11 is 0. The summed E-state index contributed by atoms with van der Waals surface area (Å²) in [5, 5.41) is 3.91. The fraction of sp³-hybridized carbons (Fsp3) is 0.357. The Morgan fingerprint density at radius 1 is 1.20 bits per heavy atom. The van der Waals surface area contributed by atoms with Crippen LogP contribution in [0.1, 0.15) is 24.3 Å². The molecule has 106 valence electrons. The summed E-state index contributed by atoms with van der Waals surface area (Å²) in [7, 11) is -3.39. The molecular weight excluding hydrogens is 276 g/mol. The third-order valence-corrected chi connectivity index (χ3v) is 4.92. The van der Waals surface area contributed by atoms with Gasteiger partial charge in [-0.3, -0.25) is 0 Å². The van der Waals surface area contributed by atoms with E-state index in [4.69, 9.17) is 4.52 Å². The fourth-order valence-corrected chi connectivity index (χ4v) is 3.49. The molecule has 1 aromatic carbocycles. The third kappa shape index (κ3) is 2.48. The smallest absolute Gasteiger partial charge is 0.240 e. The first-order valence-electron chi connectivity index (χ1n) is 6.53. The van der Waals surface area contributed by atoms with Crippen LogP contribution in [-0.2, 0) is 10.0 Å². The predicted octanol–water partition coefficient (Wildman–Crippen LogP) is 2.40. The molecule has 0 bridgehead atoms. The van der Waals surface area contributed by atoms with Gasteiger partial charge in [0.1, 0.15) is 5.76 Å². The van der Waals surface area contributed by atoms with Gasteiger partial charge in [0.2, 0.25) is 10.0 Å². The van der Waals surface area contributed by atoms with E-state index in [1.54, 1.807) is 24.3 Å². The summed E-state index contributed by atoms with van der Waals surface area (Å²) in [4.78, 5) is 0.292. The SMILES string of the molecule is Cc1noc(C)c1-c1ccc(S(=O)(=O)NC2CC2)cc1. The van der Waals surface area contributed by atoms with E-state index in [0.29, 0.717) is 4.90 Å². The number of aromatic nitrogens is 1. The van der Waals surface area contributed by atoms with Gasteiger partial charge < -0.3 is 4.52 Å². The van der Waals surface area contributed by atoms with Crippen LogP contribution in [0.3, 0.4) is 0 Å². The zero-order valence-corrected chi connectivity index (χ0v) is 12.2. The van der Waals surface area contributed by atoms with Gasteiger partial charge in [-0.25, -0.2) is 13.1 Å². The molecule has 0 aliphatic heterocycles. The summed E-state index contributed by atoms with van der Waals surface area (Å²) in [6, 6.07) is 6.92. The molecule has 0 radical (unpaired) electrons. The first-order valence-corrected chi connectivity index (χ1v) is 8.01. The molecule has 1 aliphatic carbocycles. The number of hydrogen-bond donors (Lipinski definition) is 1. The highest BCUT2D eigenvalue weighted by Crippen LogP contribution is 2.28. The molecule has 1 fully saturated rings. The van der Waals surface area contributed by atoms with Gasteiger partial charge in [0, 0.05) is 11.6 Å². The molecule has 0 atom stereocenters. The summed E-state index contributed by atoms with van der Waals surface area (Å²) in [5.41, 5.74) is 2.63. The standard InChI is InChI=1S/C14H16N2O3S/c1-9-14(10(2)19-15-9)11-3-7-13(8-4-11)20(17,18)16-12-5-6-12/h3-4,7-8,12,16H,5-6H2,1-2H3. The molecule has 5 nitrogen and oxygen atoms in total. The lowest BCUT2D eigenvalue weighted by Gasteiger charge is -2.06. The Bertz CT molecular complexity index is 709. The molecule has 1 heterocycles. The van der Waals surface area contributed by atoms with Crippen LogP contribution < -0.4 is 4.72 Å². The lowest BCUT2D eigenvalue weighted by Crippen LogP contribution is -2.25. The number of benzene rings is 1. The van der Waals surface area contributed by atoms with Crippen LogP contribution in [0.2, 0.25) is 0 Å². The minimum Gasteiger partial charge on any atom is -0.361 e. The van der Waals surface area contributed by atoms with E-state index in [-0.39, 0.29) is 6.04 Å². The molecule has 0 saturated heterocycles. The second-order valence-electron chi connectivity index (χ2n) is 5.12. The minimum atomic E-state index is -3.39. The highest BCUT2D eigenvalue weighted by molar-refractivity contribution is 7.89. The normalized spacial score (nSPS) is 15.5. The largest absolute Gasteiger partial charge is 0.361 e. The maximum absolute atomic E-state index is 12.1. The molecule has 2 aromatic rings. The van der Waals surface area contributed by atoms with Crippen LogP contribution in [0.15, 0.2) is 33.7 Å². The predicted molar refractivity (Wildman–Crippen MR) is 74.8 cm³/mol. The molecule has 3 rings (SSSR count). The van der Waals surface area contributed by atoms with Crippen molar-refractivity contribution in [2.24, 2.45) is 0 Å². The molecule has 6 heteroatoms. The Labute approximate surface area is 118 Å². The molecule has 1 saturated carbocycles. The third-order valence-electron chi connectivity index (χ3n) is 3.39. The Balaban J connectivity index is 1.91.